The number of hydrogen-bond acceptors (Lipinski definition) is 1. The van der Waals surface area contributed by atoms with Gasteiger partial charge in [0.1, 0.15) is 0 Å². The van der Waals surface area contributed by atoms with Crippen LogP contribution in [0.3, 0.4) is 0 Å². The molecule has 0 saturated carbocycles. The Labute approximate surface area is 70.0 Å². The maximum Gasteiger partial charge on any atom is 0.0130 e. The molecule has 1 saturated heterocycles. The fourth-order valence-electron chi connectivity index (χ4n) is 1.80. The van der Waals surface area contributed by atoms with Crippen LogP contribution < -0.4 is 5.32 Å². The van der Waals surface area contributed by atoms with Crippen LogP contribution in [-0.4, -0.2) is 12.1 Å². The molecule has 1 N–H and O–H groups in total. The summed E-state index contributed by atoms with van der Waals surface area (Å²) in [5.41, 5.74) is 0.896. The molecule has 0 amide bonds. The number of nitrogens with one attached hydrogen (secondary N) is 1. The van der Waals surface area contributed by atoms with Gasteiger partial charge in [-0.05, 0) is 25.7 Å². The second-order valence-electron chi connectivity index (χ2n) is 4.58. The van der Waals surface area contributed by atoms with Crippen LogP contribution in [0.15, 0.2) is 0 Å². The van der Waals surface area contributed by atoms with Gasteiger partial charge in [-0.2, -0.15) is 0 Å². The first kappa shape index (κ1) is 10.2. The smallest absolute Gasteiger partial charge is 0.0130 e. The summed E-state index contributed by atoms with van der Waals surface area (Å²) >= 11 is 0. The standard InChI is InChI=1S/C8H17N.ClH/c1-7(2)5-8(3,4)9-6-7;/h9H,5-6H2,1-4H3;1H. The zero-order valence-electron chi connectivity index (χ0n) is 7.32. The average Bonchev–Trinajstić information content (AvgIpc) is 1.78. The quantitative estimate of drug-likeness (QED) is 0.578. The Morgan fingerprint density at radius 3 is 1.70 bits per heavy atom. The van der Waals surface area contributed by atoms with E-state index < -0.39 is 0 Å². The van der Waals surface area contributed by atoms with E-state index in [4.69, 9.17) is 0 Å². The minimum absolute atomic E-state index is 0. The summed E-state index contributed by atoms with van der Waals surface area (Å²) in [4.78, 5) is 0. The van der Waals surface area contributed by atoms with Crippen molar-refractivity contribution in [3.63, 3.8) is 0 Å². The van der Waals surface area contributed by atoms with E-state index in [1.165, 1.54) is 13.0 Å². The summed E-state index contributed by atoms with van der Waals surface area (Å²) in [6, 6.07) is 0. The van der Waals surface area contributed by atoms with E-state index in [0.29, 0.717) is 11.0 Å². The highest BCUT2D eigenvalue weighted by atomic mass is 35.5. The van der Waals surface area contributed by atoms with Crippen molar-refractivity contribution < 1.29 is 0 Å². The summed E-state index contributed by atoms with van der Waals surface area (Å²) in [6.45, 7) is 10.3. The fourth-order valence-corrected chi connectivity index (χ4v) is 1.80. The second kappa shape index (κ2) is 2.71. The van der Waals surface area contributed by atoms with Crippen LogP contribution in [0.1, 0.15) is 34.1 Å². The van der Waals surface area contributed by atoms with Crippen molar-refractivity contribution >= 4 is 12.4 Å². The molecule has 0 aliphatic carbocycles. The molecule has 10 heavy (non-hydrogen) atoms. The summed E-state index contributed by atoms with van der Waals surface area (Å²) in [6.07, 6.45) is 1.29. The molecule has 1 aliphatic heterocycles. The van der Waals surface area contributed by atoms with Crippen LogP contribution in [0.4, 0.5) is 0 Å². The maximum atomic E-state index is 3.49. The van der Waals surface area contributed by atoms with Crippen molar-refractivity contribution in [3.05, 3.63) is 0 Å². The highest BCUT2D eigenvalue weighted by Gasteiger charge is 2.35. The lowest BCUT2D eigenvalue weighted by atomic mass is 9.86. The van der Waals surface area contributed by atoms with E-state index in [9.17, 15) is 0 Å². The van der Waals surface area contributed by atoms with Gasteiger partial charge in [-0.25, -0.2) is 0 Å². The summed E-state index contributed by atoms with van der Waals surface area (Å²) < 4.78 is 0. The number of rotatable bonds is 0. The van der Waals surface area contributed by atoms with Crippen molar-refractivity contribution in [3.8, 4) is 0 Å². The Hall–Kier alpha value is 0.250. The van der Waals surface area contributed by atoms with E-state index >= 15 is 0 Å². The minimum atomic E-state index is 0. The van der Waals surface area contributed by atoms with Gasteiger partial charge in [-0.3, -0.25) is 0 Å². The molecular formula is C8H18ClN. The Morgan fingerprint density at radius 1 is 1.10 bits per heavy atom. The Kier molecular flexibility index (Phi) is 2.77. The van der Waals surface area contributed by atoms with E-state index in [-0.39, 0.29) is 12.4 Å². The molecule has 0 aromatic carbocycles. The largest absolute Gasteiger partial charge is 0.311 e. The fraction of sp³-hybridized carbons (Fsp3) is 1.00. The molecule has 1 nitrogen and oxygen atoms in total. The van der Waals surface area contributed by atoms with E-state index in [1.54, 1.807) is 0 Å². The van der Waals surface area contributed by atoms with Crippen molar-refractivity contribution in [2.45, 2.75) is 39.7 Å². The zero-order valence-corrected chi connectivity index (χ0v) is 8.14. The van der Waals surface area contributed by atoms with Crippen molar-refractivity contribution in [1.82, 2.24) is 5.32 Å². The van der Waals surface area contributed by atoms with Gasteiger partial charge in [0.05, 0.1) is 0 Å². The Balaban J connectivity index is 0.000000810. The molecule has 1 fully saturated rings. The zero-order chi connectivity index (χ0) is 7.12. The first-order valence-corrected chi connectivity index (χ1v) is 3.66. The van der Waals surface area contributed by atoms with Gasteiger partial charge in [0, 0.05) is 12.1 Å². The van der Waals surface area contributed by atoms with Crippen molar-refractivity contribution in [2.75, 3.05) is 6.54 Å². The third-order valence-corrected chi connectivity index (χ3v) is 1.97. The van der Waals surface area contributed by atoms with Crippen LogP contribution in [0.2, 0.25) is 0 Å². The second-order valence-corrected chi connectivity index (χ2v) is 4.58. The van der Waals surface area contributed by atoms with Gasteiger partial charge in [-0.1, -0.05) is 13.8 Å². The molecule has 1 aliphatic rings. The third-order valence-electron chi connectivity index (χ3n) is 1.97. The minimum Gasteiger partial charge on any atom is -0.311 e. The van der Waals surface area contributed by atoms with Crippen molar-refractivity contribution in [1.29, 1.82) is 0 Å². The number of halogens is 1. The average molecular weight is 164 g/mol. The molecule has 0 spiro atoms. The third kappa shape index (κ3) is 2.47. The van der Waals surface area contributed by atoms with E-state index in [2.05, 4.69) is 33.0 Å². The number of hydrogen-bond donors (Lipinski definition) is 1. The SMILES string of the molecule is CC1(C)CNC(C)(C)C1.Cl. The molecular weight excluding hydrogens is 146 g/mol. The lowest BCUT2D eigenvalue weighted by molar-refractivity contribution is 0.369. The highest BCUT2D eigenvalue weighted by Crippen LogP contribution is 2.32. The predicted molar refractivity (Wildman–Crippen MR) is 47.7 cm³/mol. The molecule has 0 unspecified atom stereocenters. The van der Waals surface area contributed by atoms with Crippen LogP contribution in [0.25, 0.3) is 0 Å². The molecule has 0 bridgehead atoms. The molecule has 0 atom stereocenters. The monoisotopic (exact) mass is 163 g/mol. The molecule has 0 aromatic rings. The first-order valence-electron chi connectivity index (χ1n) is 3.66. The summed E-state index contributed by atoms with van der Waals surface area (Å²) in [7, 11) is 0. The molecule has 1 rings (SSSR count). The first-order chi connectivity index (χ1) is 3.91. The van der Waals surface area contributed by atoms with E-state index in [0.717, 1.165) is 0 Å². The molecule has 0 radical (unpaired) electrons. The molecule has 2 heteroatoms. The predicted octanol–water partition coefficient (Wildman–Crippen LogP) is 2.21. The maximum absolute atomic E-state index is 3.49. The normalized spacial score (nSPS) is 27.6. The topological polar surface area (TPSA) is 12.0 Å². The lowest BCUT2D eigenvalue weighted by Gasteiger charge is -2.19. The molecule has 62 valence electrons. The van der Waals surface area contributed by atoms with Crippen molar-refractivity contribution in [2.24, 2.45) is 5.41 Å². The molecule has 0 aromatic heterocycles. The lowest BCUT2D eigenvalue weighted by Crippen LogP contribution is -2.31. The van der Waals surface area contributed by atoms with Crippen LogP contribution in [-0.2, 0) is 0 Å². The Bertz CT molecular complexity index is 104. The van der Waals surface area contributed by atoms with Gasteiger partial charge in [-0.15, -0.1) is 12.4 Å². The highest BCUT2D eigenvalue weighted by molar-refractivity contribution is 5.85. The van der Waals surface area contributed by atoms with Crippen LogP contribution in [0.5, 0.6) is 0 Å². The Morgan fingerprint density at radius 2 is 1.60 bits per heavy atom. The van der Waals surface area contributed by atoms with Crippen LogP contribution >= 0.6 is 12.4 Å². The van der Waals surface area contributed by atoms with Gasteiger partial charge in [0.25, 0.3) is 0 Å². The summed E-state index contributed by atoms with van der Waals surface area (Å²) in [5, 5.41) is 3.49. The molecule has 1 heterocycles. The van der Waals surface area contributed by atoms with Gasteiger partial charge < -0.3 is 5.32 Å². The van der Waals surface area contributed by atoms with Gasteiger partial charge in [0.15, 0.2) is 0 Å². The van der Waals surface area contributed by atoms with Gasteiger partial charge >= 0.3 is 0 Å². The van der Waals surface area contributed by atoms with Gasteiger partial charge in [0.2, 0.25) is 0 Å². The summed E-state index contributed by atoms with van der Waals surface area (Å²) in [5.74, 6) is 0. The van der Waals surface area contributed by atoms with E-state index in [1.807, 2.05) is 0 Å². The van der Waals surface area contributed by atoms with Crippen LogP contribution in [0, 0.1) is 5.41 Å².